The number of hydrogen-bond acceptors (Lipinski definition) is 1. The van der Waals surface area contributed by atoms with E-state index in [4.69, 9.17) is 16.3 Å². The molecule has 1 fully saturated rings. The summed E-state index contributed by atoms with van der Waals surface area (Å²) in [4.78, 5) is 0. The van der Waals surface area contributed by atoms with Gasteiger partial charge in [0.1, 0.15) is 14.2 Å². The summed E-state index contributed by atoms with van der Waals surface area (Å²) in [5, 5.41) is 0. The van der Waals surface area contributed by atoms with E-state index < -0.39 is 9.52 Å². The first-order valence-electron chi connectivity index (χ1n) is 3.71. The van der Waals surface area contributed by atoms with E-state index in [0.29, 0.717) is 0 Å². The molecule has 1 unspecified atom stereocenters. The second-order valence-corrected chi connectivity index (χ2v) is 5.95. The van der Waals surface area contributed by atoms with Gasteiger partial charge < -0.3 is 4.74 Å². The minimum atomic E-state index is -0.413. The number of ether oxygens (including phenoxy) is 1. The zero-order valence-electron chi connectivity index (χ0n) is 6.42. The quantitative estimate of drug-likeness (QED) is 0.526. The van der Waals surface area contributed by atoms with E-state index >= 15 is 0 Å². The van der Waals surface area contributed by atoms with Crippen LogP contribution in [0.2, 0.25) is 0 Å². The van der Waals surface area contributed by atoms with Gasteiger partial charge in [-0.1, -0.05) is 11.6 Å². The Morgan fingerprint density at radius 3 is 2.73 bits per heavy atom. The van der Waals surface area contributed by atoms with Crippen LogP contribution in [0, 0.1) is 0 Å². The van der Waals surface area contributed by atoms with Crippen LogP contribution in [0.1, 0.15) is 19.3 Å². The molecule has 0 aliphatic carbocycles. The molecule has 68 valence electrons. The van der Waals surface area contributed by atoms with Crippen LogP contribution >= 0.6 is 11.6 Å². The molecule has 0 aromatic rings. The third-order valence-electron chi connectivity index (χ3n) is 1.75. The molecular weight excluding hydrogens is 359 g/mol. The molecule has 1 rings (SSSR count). The van der Waals surface area contributed by atoms with Crippen molar-refractivity contribution in [3.63, 3.8) is 0 Å². The summed E-state index contributed by atoms with van der Waals surface area (Å²) < 4.78 is 5.18. The summed E-state index contributed by atoms with van der Waals surface area (Å²) in [5.74, 6) is 0. The Morgan fingerprint density at radius 1 is 1.55 bits per heavy atom. The van der Waals surface area contributed by atoms with Gasteiger partial charge in [-0.3, -0.25) is 0 Å². The second kappa shape index (κ2) is 5.53. The normalized spacial score (nSPS) is 31.7. The largest absolute Gasteiger partial charge is 0.364 e. The van der Waals surface area contributed by atoms with Crippen LogP contribution in [0.25, 0.3) is 0 Å². The van der Waals surface area contributed by atoms with Gasteiger partial charge in [0, 0.05) is 27.7 Å². The summed E-state index contributed by atoms with van der Waals surface area (Å²) in [7, 11) is -0.413. The van der Waals surface area contributed by atoms with E-state index in [2.05, 4.69) is 6.58 Å². The molecule has 0 N–H and O–H groups in total. The molecule has 1 atom stereocenters. The van der Waals surface area contributed by atoms with E-state index in [0.717, 1.165) is 13.0 Å². The minimum absolute atomic E-state index is 0. The molecule has 11 heavy (non-hydrogen) atoms. The third-order valence-corrected chi connectivity index (χ3v) is 3.97. The molecule has 0 spiro atoms. The maximum Gasteiger partial charge on any atom is 0.125 e. The Morgan fingerprint density at radius 2 is 2.27 bits per heavy atom. The molecule has 0 radical (unpaired) electrons. The van der Waals surface area contributed by atoms with Crippen molar-refractivity contribution in [3.05, 3.63) is 12.3 Å². The summed E-state index contributed by atoms with van der Waals surface area (Å²) >= 11 is 6.14. The van der Waals surface area contributed by atoms with Crippen molar-refractivity contribution < 1.29 is 25.8 Å². The maximum absolute atomic E-state index is 6.14. The predicted octanol–water partition coefficient (Wildman–Crippen LogP) is 1.39. The fourth-order valence-electron chi connectivity index (χ4n) is 1.19. The Kier molecular flexibility index (Phi) is 5.97. The fraction of sp³-hybridized carbons (Fsp3) is 0.714. The third kappa shape index (κ3) is 3.89. The number of alkyl halides is 1. The minimum Gasteiger partial charge on any atom is -0.364 e. The molecule has 1 aliphatic heterocycles. The molecule has 1 aliphatic rings. The summed E-state index contributed by atoms with van der Waals surface area (Å²) in [6, 6.07) is 0. The first-order valence-corrected chi connectivity index (χ1v) is 5.61. The van der Waals surface area contributed by atoms with Crippen molar-refractivity contribution in [1.82, 2.24) is 0 Å². The van der Waals surface area contributed by atoms with Gasteiger partial charge in [-0.2, -0.15) is 0 Å². The van der Waals surface area contributed by atoms with Gasteiger partial charge in [0.2, 0.25) is 0 Å². The molecule has 0 aromatic carbocycles. The number of hydrogen-bond donors (Lipinski definition) is 0. The molecule has 1 nitrogen and oxygen atoms in total. The molecule has 4 heteroatoms. The topological polar surface area (TPSA) is 9.23 Å². The summed E-state index contributed by atoms with van der Waals surface area (Å²) in [5.41, 5.74) is 1.96. The van der Waals surface area contributed by atoms with Crippen LogP contribution in [0.5, 0.6) is 0 Å². The zero-order valence-corrected chi connectivity index (χ0v) is 10.9. The van der Waals surface area contributed by atoms with Crippen LogP contribution < -0.4 is 0 Å². The molecule has 0 saturated carbocycles. The Hall–Kier alpha value is 0.895. The molecule has 1 heterocycles. The molecular formula is C7H13ClOPtSi. The zero-order chi connectivity index (χ0) is 7.45. The van der Waals surface area contributed by atoms with Gasteiger partial charge in [-0.05, 0) is 19.3 Å². The van der Waals surface area contributed by atoms with E-state index in [9.17, 15) is 0 Å². The van der Waals surface area contributed by atoms with Crippen LogP contribution in [-0.4, -0.2) is 20.8 Å². The average Bonchev–Trinajstić information content (AvgIpc) is 1.89. The van der Waals surface area contributed by atoms with E-state index in [1.54, 1.807) is 0 Å². The standard InChI is InChI=1S/C7H13ClOSi.Pt/c1-2-10-7(8)5-3-4-6-9-7;/h2H,1,3-6,10H2;. The van der Waals surface area contributed by atoms with Crippen molar-refractivity contribution in [2.24, 2.45) is 0 Å². The summed E-state index contributed by atoms with van der Waals surface area (Å²) in [6.45, 7) is 4.53. The second-order valence-electron chi connectivity index (χ2n) is 2.68. The van der Waals surface area contributed by atoms with Crippen LogP contribution in [0.3, 0.4) is 0 Å². The molecule has 0 bridgehead atoms. The van der Waals surface area contributed by atoms with Crippen LogP contribution in [-0.2, 0) is 25.8 Å². The van der Waals surface area contributed by atoms with Crippen LogP contribution in [0.15, 0.2) is 12.3 Å². The Balaban J connectivity index is 0.000001000. The van der Waals surface area contributed by atoms with Crippen molar-refractivity contribution in [1.29, 1.82) is 0 Å². The van der Waals surface area contributed by atoms with Gasteiger partial charge in [-0.15, -0.1) is 12.3 Å². The van der Waals surface area contributed by atoms with Crippen molar-refractivity contribution in [3.8, 4) is 0 Å². The Bertz CT molecular complexity index is 126. The van der Waals surface area contributed by atoms with E-state index in [-0.39, 0.29) is 25.7 Å². The van der Waals surface area contributed by atoms with Gasteiger partial charge in [0.05, 0.1) is 0 Å². The maximum atomic E-state index is 6.14. The van der Waals surface area contributed by atoms with Crippen LogP contribution in [0.4, 0.5) is 0 Å². The van der Waals surface area contributed by atoms with Gasteiger partial charge >= 0.3 is 0 Å². The predicted molar refractivity (Wildman–Crippen MR) is 47.1 cm³/mol. The molecule has 0 aromatic heterocycles. The molecule has 1 saturated heterocycles. The first kappa shape index (κ1) is 11.9. The van der Waals surface area contributed by atoms with Crippen molar-refractivity contribution in [2.45, 2.75) is 23.9 Å². The fourth-order valence-corrected chi connectivity index (χ4v) is 2.88. The Labute approximate surface area is 89.6 Å². The first-order chi connectivity index (χ1) is 4.77. The number of rotatable bonds is 2. The monoisotopic (exact) mass is 371 g/mol. The van der Waals surface area contributed by atoms with E-state index in [1.165, 1.54) is 12.8 Å². The number of halogens is 1. The van der Waals surface area contributed by atoms with Crippen molar-refractivity contribution in [2.75, 3.05) is 6.61 Å². The van der Waals surface area contributed by atoms with Gasteiger partial charge in [-0.25, -0.2) is 0 Å². The van der Waals surface area contributed by atoms with Crippen molar-refractivity contribution >= 4 is 21.1 Å². The average molecular weight is 372 g/mol. The summed E-state index contributed by atoms with van der Waals surface area (Å²) in [6.07, 6.45) is 3.40. The van der Waals surface area contributed by atoms with Gasteiger partial charge in [0.25, 0.3) is 0 Å². The van der Waals surface area contributed by atoms with E-state index in [1.807, 2.05) is 5.70 Å². The van der Waals surface area contributed by atoms with Gasteiger partial charge in [0.15, 0.2) is 0 Å². The molecule has 0 amide bonds. The smallest absolute Gasteiger partial charge is 0.125 e. The SMILES string of the molecule is C=C[SiH2]C1(Cl)CCCCO1.[Pt].